The lowest BCUT2D eigenvalue weighted by atomic mass is 9.96. The van der Waals surface area contributed by atoms with Gasteiger partial charge < -0.3 is 30.7 Å². The van der Waals surface area contributed by atoms with Crippen molar-refractivity contribution in [2.75, 3.05) is 50.3 Å². The van der Waals surface area contributed by atoms with Gasteiger partial charge in [0.15, 0.2) is 11.5 Å². The molecule has 2 fully saturated rings. The summed E-state index contributed by atoms with van der Waals surface area (Å²) < 4.78 is 44.0. The van der Waals surface area contributed by atoms with Gasteiger partial charge in [0.1, 0.15) is 5.82 Å². The molecule has 0 radical (unpaired) electrons. The zero-order chi connectivity index (χ0) is 34.2. The van der Waals surface area contributed by atoms with Gasteiger partial charge in [-0.1, -0.05) is 11.6 Å². The summed E-state index contributed by atoms with van der Waals surface area (Å²) in [5, 5.41) is 9.61. The van der Waals surface area contributed by atoms with Crippen LogP contribution in [0.3, 0.4) is 0 Å². The van der Waals surface area contributed by atoms with Gasteiger partial charge in [-0.3, -0.25) is 14.4 Å². The molecule has 0 spiro atoms. The van der Waals surface area contributed by atoms with Crippen LogP contribution in [0.2, 0.25) is 5.02 Å². The van der Waals surface area contributed by atoms with E-state index in [2.05, 4.69) is 30.7 Å². The first kappa shape index (κ1) is 32.9. The molecule has 2 aliphatic heterocycles. The maximum absolute atomic E-state index is 14.0. The lowest BCUT2D eigenvalue weighted by Gasteiger charge is -2.37. The number of alkyl halides is 3. The second kappa shape index (κ2) is 13.2. The molecule has 4 N–H and O–H groups in total. The second-order valence-corrected chi connectivity index (χ2v) is 11.8. The monoisotopic (exact) mass is 685 g/mol. The summed E-state index contributed by atoms with van der Waals surface area (Å²) in [7, 11) is 1.39. The number of imidazole rings is 1. The summed E-state index contributed by atoms with van der Waals surface area (Å²) in [6.07, 6.45) is 0.264. The fourth-order valence-corrected chi connectivity index (χ4v) is 6.06. The van der Waals surface area contributed by atoms with Crippen LogP contribution in [0.15, 0.2) is 42.9 Å². The minimum Gasteiger partial charge on any atom is -0.384 e. The van der Waals surface area contributed by atoms with Crippen molar-refractivity contribution in [2.24, 2.45) is 13.0 Å². The largest absolute Gasteiger partial charge is 0.435 e. The molecule has 0 aliphatic carbocycles. The Morgan fingerprint density at radius 2 is 1.75 bits per heavy atom. The summed E-state index contributed by atoms with van der Waals surface area (Å²) in [5.41, 5.74) is 4.49. The Morgan fingerprint density at radius 3 is 2.42 bits per heavy atom. The molecular weight excluding hydrogens is 655 g/mol. The number of nitrogens with zero attached hydrogens (tertiary/aromatic N) is 8. The fraction of sp³-hybridized carbons (Fsp3) is 0.367. The van der Waals surface area contributed by atoms with E-state index in [4.69, 9.17) is 17.3 Å². The zero-order valence-electron chi connectivity index (χ0n) is 25.7. The van der Waals surface area contributed by atoms with E-state index in [0.717, 1.165) is 43.0 Å². The van der Waals surface area contributed by atoms with Gasteiger partial charge >= 0.3 is 6.18 Å². The van der Waals surface area contributed by atoms with Gasteiger partial charge in [-0.05, 0) is 50.2 Å². The number of piperidine rings is 1. The van der Waals surface area contributed by atoms with E-state index in [1.165, 1.54) is 42.1 Å². The highest BCUT2D eigenvalue weighted by molar-refractivity contribution is 6.34. The Bertz CT molecular complexity index is 1860. The SMILES string of the molecule is Cn1c(-c2cn(-c3nccc(N)n3)nc2C(F)(F)F)cnc1C(=O)Nc1ccc(C(=O)N2CCN(C(=O)C3CCNCC3)CC2)c(Cl)c1. The number of hydrogen-bond acceptors (Lipinski definition) is 9. The van der Waals surface area contributed by atoms with Crippen molar-refractivity contribution in [1.82, 2.24) is 44.4 Å². The summed E-state index contributed by atoms with van der Waals surface area (Å²) in [4.78, 5) is 54.7. The number of hydrogen-bond donors (Lipinski definition) is 3. The molecule has 0 bridgehead atoms. The van der Waals surface area contributed by atoms with E-state index in [1.807, 2.05) is 4.90 Å². The van der Waals surface area contributed by atoms with Gasteiger partial charge in [0.2, 0.25) is 5.91 Å². The molecule has 0 saturated carbocycles. The molecule has 3 aromatic heterocycles. The number of halogens is 4. The quantitative estimate of drug-likeness (QED) is 0.276. The molecule has 6 rings (SSSR count). The number of carbonyl (C=O) groups is 3. The smallest absolute Gasteiger partial charge is 0.384 e. The van der Waals surface area contributed by atoms with Gasteiger partial charge in [-0.15, -0.1) is 0 Å². The Hall–Kier alpha value is -5.03. The molecule has 0 unspecified atom stereocenters. The highest BCUT2D eigenvalue weighted by atomic mass is 35.5. The molecule has 3 amide bonds. The molecule has 4 aromatic rings. The van der Waals surface area contributed by atoms with E-state index >= 15 is 0 Å². The normalized spacial score (nSPS) is 15.9. The molecular formula is C30H31ClF3N11O3. The van der Waals surface area contributed by atoms with Crippen molar-refractivity contribution in [1.29, 1.82) is 0 Å². The minimum absolute atomic E-state index is 0.00876. The van der Waals surface area contributed by atoms with Crippen molar-refractivity contribution in [3.8, 4) is 17.2 Å². The molecule has 14 nitrogen and oxygen atoms in total. The van der Waals surface area contributed by atoms with E-state index in [1.54, 1.807) is 4.90 Å². The molecule has 0 atom stereocenters. The van der Waals surface area contributed by atoms with Crippen LogP contribution >= 0.6 is 11.6 Å². The number of nitrogens with one attached hydrogen (secondary N) is 2. The average Bonchev–Trinajstić information content (AvgIpc) is 3.69. The molecule has 5 heterocycles. The third kappa shape index (κ3) is 6.68. The van der Waals surface area contributed by atoms with Gasteiger partial charge in [0, 0.05) is 57.2 Å². The molecule has 48 heavy (non-hydrogen) atoms. The molecule has 252 valence electrons. The zero-order valence-corrected chi connectivity index (χ0v) is 26.4. The number of piperazine rings is 1. The van der Waals surface area contributed by atoms with E-state index in [9.17, 15) is 27.6 Å². The summed E-state index contributed by atoms with van der Waals surface area (Å²) in [6.45, 7) is 3.26. The van der Waals surface area contributed by atoms with Crippen molar-refractivity contribution >= 4 is 40.8 Å². The summed E-state index contributed by atoms with van der Waals surface area (Å²) in [6, 6.07) is 5.77. The van der Waals surface area contributed by atoms with Crippen molar-refractivity contribution in [3.63, 3.8) is 0 Å². The predicted molar refractivity (Wildman–Crippen MR) is 168 cm³/mol. The lowest BCUT2D eigenvalue weighted by molar-refractivity contribution is -0.141. The Labute approximate surface area is 277 Å². The highest BCUT2D eigenvalue weighted by Crippen LogP contribution is 2.37. The van der Waals surface area contributed by atoms with Crippen molar-refractivity contribution in [3.05, 3.63) is 65.0 Å². The maximum atomic E-state index is 14.0. The van der Waals surface area contributed by atoms with Crippen LogP contribution in [-0.4, -0.2) is 96.1 Å². The first-order chi connectivity index (χ1) is 22.9. The highest BCUT2D eigenvalue weighted by Gasteiger charge is 2.39. The van der Waals surface area contributed by atoms with E-state index < -0.39 is 17.8 Å². The minimum atomic E-state index is -4.85. The predicted octanol–water partition coefficient (Wildman–Crippen LogP) is 2.85. The number of nitrogens with two attached hydrogens (primary N) is 1. The average molecular weight is 686 g/mol. The number of carbonyl (C=O) groups excluding carboxylic acids is 3. The van der Waals surface area contributed by atoms with Crippen LogP contribution in [0, 0.1) is 5.92 Å². The first-order valence-electron chi connectivity index (χ1n) is 15.1. The third-order valence-electron chi connectivity index (χ3n) is 8.34. The van der Waals surface area contributed by atoms with Gasteiger partial charge in [-0.25, -0.2) is 14.6 Å². The van der Waals surface area contributed by atoms with Crippen LogP contribution in [0.1, 0.15) is 39.5 Å². The topological polar surface area (TPSA) is 169 Å². The van der Waals surface area contributed by atoms with Crippen LogP contribution < -0.4 is 16.4 Å². The second-order valence-electron chi connectivity index (χ2n) is 11.4. The van der Waals surface area contributed by atoms with Crippen LogP contribution in [0.25, 0.3) is 17.2 Å². The number of aromatic nitrogens is 6. The maximum Gasteiger partial charge on any atom is 0.435 e. The summed E-state index contributed by atoms with van der Waals surface area (Å²) >= 11 is 6.47. The number of rotatable bonds is 6. The third-order valence-corrected chi connectivity index (χ3v) is 8.66. The van der Waals surface area contributed by atoms with Crippen molar-refractivity contribution in [2.45, 2.75) is 19.0 Å². The fourth-order valence-electron chi connectivity index (χ4n) is 5.80. The van der Waals surface area contributed by atoms with Gasteiger partial charge in [0.25, 0.3) is 17.8 Å². The Balaban J connectivity index is 1.13. The van der Waals surface area contributed by atoms with Crippen LogP contribution in [0.4, 0.5) is 24.7 Å². The standard InChI is InChI=1S/C30H31ClF3N11O3/c1-42-22(20-16-45(41-24(20)30(32,33)34)29-37-9-6-23(35)40-29)15-38-25(42)26(46)39-18-2-3-19(21(31)14-18)28(48)44-12-10-43(11-13-44)27(47)17-4-7-36-8-5-17/h2-3,6,9,14-17,36H,4-5,7-8,10-13H2,1H3,(H,39,46)(H2,35,37,40). The van der Waals surface area contributed by atoms with Gasteiger partial charge in [-0.2, -0.15) is 23.3 Å². The van der Waals surface area contributed by atoms with Crippen LogP contribution in [-0.2, 0) is 18.0 Å². The first-order valence-corrected chi connectivity index (χ1v) is 15.5. The van der Waals surface area contributed by atoms with E-state index in [0.29, 0.717) is 26.2 Å². The van der Waals surface area contributed by atoms with E-state index in [-0.39, 0.29) is 62.9 Å². The summed E-state index contributed by atoms with van der Waals surface area (Å²) in [5.74, 6) is -1.21. The van der Waals surface area contributed by atoms with Crippen LogP contribution in [0.5, 0.6) is 0 Å². The Morgan fingerprint density at radius 1 is 1.04 bits per heavy atom. The van der Waals surface area contributed by atoms with Gasteiger partial charge in [0.05, 0.1) is 28.0 Å². The molecule has 2 saturated heterocycles. The molecule has 2 aliphatic rings. The number of anilines is 2. The molecule has 1 aromatic carbocycles. The molecule has 18 heteroatoms. The Kier molecular flexibility index (Phi) is 9.07. The number of nitrogen functional groups attached to an aromatic ring is 1. The number of benzene rings is 1. The van der Waals surface area contributed by atoms with Crippen molar-refractivity contribution < 1.29 is 27.6 Å². The lowest BCUT2D eigenvalue weighted by Crippen LogP contribution is -2.52. The number of amides is 3.